The number of rotatable bonds is 9. The third kappa shape index (κ3) is 6.09. The molecule has 2 aromatic heterocycles. The second-order valence-electron chi connectivity index (χ2n) is 9.10. The average Bonchev–Trinajstić information content (AvgIpc) is 3.32. The number of unbranched alkanes of at least 4 members (excludes halogenated alkanes) is 1. The lowest BCUT2D eigenvalue weighted by Crippen LogP contribution is -2.52. The molecule has 0 radical (unpaired) electrons. The van der Waals surface area contributed by atoms with E-state index in [1.54, 1.807) is 11.1 Å². The number of aromatic nitrogens is 3. The van der Waals surface area contributed by atoms with Crippen molar-refractivity contribution in [3.05, 3.63) is 18.6 Å². The van der Waals surface area contributed by atoms with Gasteiger partial charge in [0.25, 0.3) is 0 Å². The molecular weight excluding hydrogens is 464 g/mol. The summed E-state index contributed by atoms with van der Waals surface area (Å²) in [5, 5.41) is 12.5. The van der Waals surface area contributed by atoms with E-state index in [1.807, 2.05) is 24.1 Å². The number of carbonyl (C=O) groups excluding carboxylic acids is 3. The molecule has 0 aliphatic carbocycles. The van der Waals surface area contributed by atoms with Gasteiger partial charge in [-0.1, -0.05) is 6.92 Å². The normalized spacial score (nSPS) is 18.4. The minimum absolute atomic E-state index is 0.00744. The summed E-state index contributed by atoms with van der Waals surface area (Å²) in [5.74, 6) is 0.381. The lowest BCUT2D eigenvalue weighted by atomic mass is 9.92. The lowest BCUT2D eigenvalue weighted by molar-refractivity contribution is -0.142. The van der Waals surface area contributed by atoms with Crippen LogP contribution < -0.4 is 16.0 Å². The number of likely N-dealkylation sites (tertiary alicyclic amines) is 1. The van der Waals surface area contributed by atoms with Gasteiger partial charge in [0.15, 0.2) is 5.65 Å². The van der Waals surface area contributed by atoms with Crippen LogP contribution in [-0.2, 0) is 14.3 Å². The molecule has 2 amide bonds. The number of esters is 1. The van der Waals surface area contributed by atoms with E-state index in [0.29, 0.717) is 56.3 Å². The van der Waals surface area contributed by atoms with Crippen LogP contribution in [0.3, 0.4) is 0 Å². The van der Waals surface area contributed by atoms with E-state index in [2.05, 4.69) is 26.9 Å². The molecular formula is C24H34N8O4. The van der Waals surface area contributed by atoms with E-state index in [4.69, 9.17) is 11.0 Å². The summed E-state index contributed by atoms with van der Waals surface area (Å²) >= 11 is 0. The van der Waals surface area contributed by atoms with Gasteiger partial charge in [-0.25, -0.2) is 14.8 Å². The van der Waals surface area contributed by atoms with Crippen molar-refractivity contribution >= 4 is 34.8 Å². The van der Waals surface area contributed by atoms with Gasteiger partial charge in [-0.05, 0) is 37.7 Å². The van der Waals surface area contributed by atoms with Crippen molar-refractivity contribution < 1.29 is 19.1 Å². The Morgan fingerprint density at radius 2 is 2.14 bits per heavy atom. The molecule has 3 heterocycles. The van der Waals surface area contributed by atoms with E-state index in [-0.39, 0.29) is 24.4 Å². The Kier molecular flexibility index (Phi) is 9.19. The highest BCUT2D eigenvalue weighted by molar-refractivity contribution is 5.94. The van der Waals surface area contributed by atoms with Crippen molar-refractivity contribution in [2.75, 3.05) is 38.7 Å². The topological polar surface area (TPSA) is 159 Å². The summed E-state index contributed by atoms with van der Waals surface area (Å²) in [4.78, 5) is 49.0. The molecule has 0 saturated carbocycles. The summed E-state index contributed by atoms with van der Waals surface area (Å²) < 4.78 is 6.06. The molecule has 3 rings (SSSR count). The van der Waals surface area contributed by atoms with Gasteiger partial charge >= 0.3 is 12.0 Å². The summed E-state index contributed by atoms with van der Waals surface area (Å²) in [7, 11) is 3.23. The van der Waals surface area contributed by atoms with Crippen LogP contribution in [0.25, 0.3) is 11.0 Å². The SMILES string of the molecule is COC(=O)[C@@H](N)CCCCNC(=O)n1ccc2c(N(C)[C@H]3CN(C(=O)CC#N)CC[C@H]3C)ncnc21. The molecule has 3 atom stereocenters. The highest BCUT2D eigenvalue weighted by Gasteiger charge is 2.32. The van der Waals surface area contributed by atoms with Crippen LogP contribution in [-0.4, -0.2) is 83.2 Å². The minimum Gasteiger partial charge on any atom is -0.468 e. The summed E-state index contributed by atoms with van der Waals surface area (Å²) in [6.07, 6.45) is 5.61. The van der Waals surface area contributed by atoms with Gasteiger partial charge in [0, 0.05) is 32.9 Å². The molecule has 1 aliphatic heterocycles. The zero-order chi connectivity index (χ0) is 26.2. The number of carbonyl (C=O) groups is 3. The molecule has 12 heteroatoms. The minimum atomic E-state index is -0.658. The second-order valence-corrected chi connectivity index (χ2v) is 9.10. The number of nitrogens with one attached hydrogen (secondary N) is 1. The smallest absolute Gasteiger partial charge is 0.327 e. The second kappa shape index (κ2) is 12.3. The number of nitrogens with two attached hydrogens (primary N) is 1. The molecule has 194 valence electrons. The fraction of sp³-hybridized carbons (Fsp3) is 0.583. The third-order valence-corrected chi connectivity index (χ3v) is 6.73. The first kappa shape index (κ1) is 26.9. The summed E-state index contributed by atoms with van der Waals surface area (Å²) in [5.41, 5.74) is 6.21. The van der Waals surface area contributed by atoms with E-state index in [1.165, 1.54) is 18.0 Å². The molecule has 1 aliphatic rings. The molecule has 1 saturated heterocycles. The predicted molar refractivity (Wildman–Crippen MR) is 133 cm³/mol. The van der Waals surface area contributed by atoms with Crippen LogP contribution in [0.5, 0.6) is 0 Å². The van der Waals surface area contributed by atoms with Crippen LogP contribution in [0.2, 0.25) is 0 Å². The van der Waals surface area contributed by atoms with Gasteiger partial charge < -0.3 is 25.6 Å². The number of hydrogen-bond donors (Lipinski definition) is 2. The number of piperidine rings is 1. The van der Waals surface area contributed by atoms with Gasteiger partial charge in [-0.15, -0.1) is 0 Å². The summed E-state index contributed by atoms with van der Waals surface area (Å²) in [6.45, 7) is 3.71. The van der Waals surface area contributed by atoms with Gasteiger partial charge in [0.05, 0.1) is 24.6 Å². The third-order valence-electron chi connectivity index (χ3n) is 6.73. The van der Waals surface area contributed by atoms with Crippen LogP contribution in [0, 0.1) is 17.2 Å². The van der Waals surface area contributed by atoms with Gasteiger partial charge in [0.1, 0.15) is 24.6 Å². The van der Waals surface area contributed by atoms with E-state index in [0.717, 1.165) is 11.8 Å². The average molecular weight is 499 g/mol. The van der Waals surface area contributed by atoms with E-state index in [9.17, 15) is 14.4 Å². The van der Waals surface area contributed by atoms with Gasteiger partial charge in [0.2, 0.25) is 5.91 Å². The molecule has 12 nitrogen and oxygen atoms in total. The molecule has 3 N–H and O–H groups in total. The molecule has 0 aromatic carbocycles. The fourth-order valence-electron chi connectivity index (χ4n) is 4.54. The van der Waals surface area contributed by atoms with E-state index >= 15 is 0 Å². The molecule has 0 spiro atoms. The van der Waals surface area contributed by atoms with Crippen molar-refractivity contribution in [2.45, 2.75) is 51.1 Å². The van der Waals surface area contributed by atoms with E-state index < -0.39 is 12.0 Å². The van der Waals surface area contributed by atoms with Crippen molar-refractivity contribution in [2.24, 2.45) is 11.7 Å². The first-order chi connectivity index (χ1) is 17.3. The number of likely N-dealkylation sites (N-methyl/N-ethyl adjacent to an activating group) is 1. The first-order valence-corrected chi connectivity index (χ1v) is 12.1. The molecule has 1 fully saturated rings. The maximum Gasteiger partial charge on any atom is 0.327 e. The number of nitrogens with zero attached hydrogens (tertiary/aromatic N) is 6. The van der Waals surface area contributed by atoms with Crippen molar-refractivity contribution in [1.82, 2.24) is 24.8 Å². The maximum atomic E-state index is 12.8. The zero-order valence-corrected chi connectivity index (χ0v) is 21.0. The number of methoxy groups -OCH3 is 1. The summed E-state index contributed by atoms with van der Waals surface area (Å²) in [6, 6.07) is 2.78. The Balaban J connectivity index is 1.66. The number of fused-ring (bicyclic) bond motifs is 1. The number of nitriles is 1. The maximum absolute atomic E-state index is 12.8. The number of hydrogen-bond acceptors (Lipinski definition) is 9. The van der Waals surface area contributed by atoms with Crippen molar-refractivity contribution in [3.8, 4) is 6.07 Å². The highest BCUT2D eigenvalue weighted by atomic mass is 16.5. The van der Waals surface area contributed by atoms with Crippen molar-refractivity contribution in [1.29, 1.82) is 5.26 Å². The first-order valence-electron chi connectivity index (χ1n) is 12.1. The van der Waals surface area contributed by atoms with Crippen LogP contribution >= 0.6 is 0 Å². The fourth-order valence-corrected chi connectivity index (χ4v) is 4.54. The quantitative estimate of drug-likeness (QED) is 0.383. The largest absolute Gasteiger partial charge is 0.468 e. The molecule has 0 unspecified atom stereocenters. The number of amides is 2. The molecule has 2 aromatic rings. The lowest BCUT2D eigenvalue weighted by Gasteiger charge is -2.42. The van der Waals surface area contributed by atoms with Crippen LogP contribution in [0.15, 0.2) is 18.6 Å². The van der Waals surface area contributed by atoms with Crippen LogP contribution in [0.1, 0.15) is 39.0 Å². The van der Waals surface area contributed by atoms with Gasteiger partial charge in [-0.3, -0.25) is 14.2 Å². The predicted octanol–water partition coefficient (Wildman–Crippen LogP) is 1.25. The Hall–Kier alpha value is -3.72. The molecule has 36 heavy (non-hydrogen) atoms. The number of ether oxygens (including phenoxy) is 1. The Labute approximate surface area is 210 Å². The monoisotopic (exact) mass is 498 g/mol. The van der Waals surface area contributed by atoms with Crippen LogP contribution in [0.4, 0.5) is 10.6 Å². The molecule has 0 bridgehead atoms. The zero-order valence-electron chi connectivity index (χ0n) is 21.0. The number of anilines is 1. The Morgan fingerprint density at radius 1 is 1.36 bits per heavy atom. The Morgan fingerprint density at radius 3 is 2.86 bits per heavy atom. The Bertz CT molecular complexity index is 1130. The van der Waals surface area contributed by atoms with Crippen molar-refractivity contribution in [3.63, 3.8) is 0 Å². The standard InChI is InChI=1S/C24H34N8O4/c1-16-8-12-31(20(33)7-10-25)14-19(16)30(2)21-17-9-13-32(22(17)29-15-28-21)24(35)27-11-5-4-6-18(26)23(34)36-3/h9,13,15-16,18-19H,4-8,11-12,14,26H2,1-3H3,(H,27,35)/t16-,18+,19+/m1/s1. The van der Waals surface area contributed by atoms with Gasteiger partial charge in [-0.2, -0.15) is 5.26 Å². The highest BCUT2D eigenvalue weighted by Crippen LogP contribution is 2.29.